The quantitative estimate of drug-likeness (QED) is 0.0921. The molecule has 4 aromatic carbocycles. The van der Waals surface area contributed by atoms with Gasteiger partial charge in [0.05, 0.1) is 5.41 Å². The van der Waals surface area contributed by atoms with Crippen LogP contribution in [0.25, 0.3) is 22.2 Å². The van der Waals surface area contributed by atoms with Crippen molar-refractivity contribution in [3.63, 3.8) is 0 Å². The molecular formula is C36H29NO7. The van der Waals surface area contributed by atoms with E-state index in [1.807, 2.05) is 36.4 Å². The molecule has 0 amide bonds. The van der Waals surface area contributed by atoms with Gasteiger partial charge in [0.2, 0.25) is 0 Å². The zero-order valence-corrected chi connectivity index (χ0v) is 23.9. The molecule has 0 unspecified atom stereocenters. The maximum Gasteiger partial charge on any atom is 0.330 e. The largest absolute Gasteiger partial charge is 0.490 e. The Kier molecular flexibility index (Phi) is 7.97. The van der Waals surface area contributed by atoms with Crippen molar-refractivity contribution in [2.45, 2.75) is 5.41 Å². The second kappa shape index (κ2) is 12.3. The highest BCUT2D eigenvalue weighted by atomic mass is 16.6. The van der Waals surface area contributed by atoms with Crippen LogP contribution in [0.4, 0.5) is 0 Å². The van der Waals surface area contributed by atoms with Gasteiger partial charge in [-0.2, -0.15) is 0 Å². The highest BCUT2D eigenvalue weighted by Crippen LogP contribution is 2.57. The Morgan fingerprint density at radius 1 is 0.705 bits per heavy atom. The van der Waals surface area contributed by atoms with Gasteiger partial charge in [-0.05, 0) is 69.8 Å². The summed E-state index contributed by atoms with van der Waals surface area (Å²) in [5, 5.41) is 0. The number of nitrogens with zero attached hydrogens (tertiary/aromatic N) is 1. The average Bonchev–Trinajstić information content (AvgIpc) is 3.65. The summed E-state index contributed by atoms with van der Waals surface area (Å²) in [5.41, 5.74) is 7.23. The lowest BCUT2D eigenvalue weighted by Crippen LogP contribution is -2.28. The number of ether oxygens (including phenoxy) is 4. The maximum absolute atomic E-state index is 11.3. The molecule has 0 spiro atoms. The van der Waals surface area contributed by atoms with Crippen molar-refractivity contribution in [3.05, 3.63) is 139 Å². The Morgan fingerprint density at radius 2 is 1.27 bits per heavy atom. The molecule has 0 N–H and O–H groups in total. The van der Waals surface area contributed by atoms with Crippen LogP contribution in [0, 0.1) is 0 Å². The molecule has 0 saturated heterocycles. The van der Waals surface area contributed by atoms with Crippen LogP contribution in [-0.2, 0) is 24.5 Å². The van der Waals surface area contributed by atoms with E-state index in [1.165, 1.54) is 6.39 Å². The summed E-state index contributed by atoms with van der Waals surface area (Å²) >= 11 is 0. The number of hydrogen-bond donors (Lipinski definition) is 0. The molecule has 0 bridgehead atoms. The molecule has 220 valence electrons. The summed E-state index contributed by atoms with van der Waals surface area (Å²) in [7, 11) is 0. The normalized spacial score (nSPS) is 12.5. The Hall–Kier alpha value is -5.63. The van der Waals surface area contributed by atoms with Crippen LogP contribution in [0.5, 0.6) is 11.5 Å². The first-order valence-corrected chi connectivity index (χ1v) is 14.1. The molecule has 1 aromatic heterocycles. The zero-order valence-electron chi connectivity index (χ0n) is 23.9. The standard InChI is InChI=1S/C36H29NO7/c1-3-34(38)42-19-17-40-26-13-9-24(10-14-26)36(25-11-15-27(16-12-25)41-18-20-43-35(39)4-2)30-8-6-5-7-28(30)29-21-32-33(22-31(29)36)44-23-37-32/h3-16,21-23H,1-2,17-20H2. The molecule has 0 fully saturated rings. The molecule has 5 aromatic rings. The van der Waals surface area contributed by atoms with Crippen LogP contribution in [-0.4, -0.2) is 43.4 Å². The predicted molar refractivity (Wildman–Crippen MR) is 165 cm³/mol. The zero-order chi connectivity index (χ0) is 30.5. The summed E-state index contributed by atoms with van der Waals surface area (Å²) in [6, 6.07) is 28.4. The van der Waals surface area contributed by atoms with E-state index in [9.17, 15) is 9.59 Å². The SMILES string of the molecule is C=CC(=O)OCCOc1ccc(C2(c3ccc(OCCOC(=O)C=C)cc3)c3ccccc3-c3cc4ncoc4cc32)cc1. The van der Waals surface area contributed by atoms with E-state index in [2.05, 4.69) is 66.7 Å². The second-order valence-corrected chi connectivity index (χ2v) is 10.0. The molecule has 44 heavy (non-hydrogen) atoms. The van der Waals surface area contributed by atoms with E-state index >= 15 is 0 Å². The van der Waals surface area contributed by atoms with Crippen LogP contribution in [0.15, 0.2) is 121 Å². The number of benzene rings is 4. The van der Waals surface area contributed by atoms with E-state index in [-0.39, 0.29) is 26.4 Å². The first-order chi connectivity index (χ1) is 21.5. The molecule has 1 aliphatic carbocycles. The van der Waals surface area contributed by atoms with Crippen molar-refractivity contribution in [2.75, 3.05) is 26.4 Å². The predicted octanol–water partition coefficient (Wildman–Crippen LogP) is 6.41. The third-order valence-electron chi connectivity index (χ3n) is 7.60. The number of oxazole rings is 1. The van der Waals surface area contributed by atoms with E-state index in [0.717, 1.165) is 51.0 Å². The number of aromatic nitrogens is 1. The minimum absolute atomic E-state index is 0.121. The van der Waals surface area contributed by atoms with Crippen LogP contribution < -0.4 is 9.47 Å². The fourth-order valence-corrected chi connectivity index (χ4v) is 5.74. The minimum Gasteiger partial charge on any atom is -0.490 e. The number of carbonyl (C=O) groups is 2. The van der Waals surface area contributed by atoms with Gasteiger partial charge in [-0.25, -0.2) is 14.6 Å². The lowest BCUT2D eigenvalue weighted by Gasteiger charge is -2.34. The highest BCUT2D eigenvalue weighted by Gasteiger charge is 2.46. The molecule has 1 heterocycles. The lowest BCUT2D eigenvalue weighted by molar-refractivity contribution is -0.139. The van der Waals surface area contributed by atoms with Gasteiger partial charge < -0.3 is 23.4 Å². The molecule has 0 radical (unpaired) electrons. The summed E-state index contributed by atoms with van der Waals surface area (Å²) < 4.78 is 27.5. The molecule has 0 saturated carbocycles. The van der Waals surface area contributed by atoms with Gasteiger partial charge >= 0.3 is 11.9 Å². The number of fused-ring (bicyclic) bond motifs is 4. The number of carbonyl (C=O) groups excluding carboxylic acids is 2. The van der Waals surface area contributed by atoms with Crippen LogP contribution in [0.3, 0.4) is 0 Å². The van der Waals surface area contributed by atoms with Crippen molar-refractivity contribution in [3.8, 4) is 22.6 Å². The first-order valence-electron chi connectivity index (χ1n) is 14.1. The van der Waals surface area contributed by atoms with Gasteiger partial charge in [-0.1, -0.05) is 61.7 Å². The first kappa shape index (κ1) is 28.5. The Balaban J connectivity index is 1.39. The lowest BCUT2D eigenvalue weighted by atomic mass is 9.67. The third kappa shape index (κ3) is 5.22. The van der Waals surface area contributed by atoms with Crippen molar-refractivity contribution < 1.29 is 33.0 Å². The van der Waals surface area contributed by atoms with Crippen molar-refractivity contribution >= 4 is 23.0 Å². The fourth-order valence-electron chi connectivity index (χ4n) is 5.74. The Labute approximate surface area is 254 Å². The fraction of sp³-hybridized carbons (Fsp3) is 0.139. The summed E-state index contributed by atoms with van der Waals surface area (Å²) in [4.78, 5) is 27.1. The monoisotopic (exact) mass is 587 g/mol. The van der Waals surface area contributed by atoms with E-state index in [4.69, 9.17) is 23.4 Å². The molecule has 8 nitrogen and oxygen atoms in total. The maximum atomic E-state index is 11.3. The molecular weight excluding hydrogens is 558 g/mol. The molecule has 8 heteroatoms. The molecule has 0 atom stereocenters. The Bertz CT molecular complexity index is 1770. The molecule has 6 rings (SSSR count). The minimum atomic E-state index is -0.692. The van der Waals surface area contributed by atoms with Crippen LogP contribution >= 0.6 is 0 Å². The highest BCUT2D eigenvalue weighted by molar-refractivity contribution is 5.92. The Morgan fingerprint density at radius 3 is 1.84 bits per heavy atom. The summed E-state index contributed by atoms with van der Waals surface area (Å²) in [6.07, 6.45) is 3.71. The average molecular weight is 588 g/mol. The van der Waals surface area contributed by atoms with Gasteiger partial charge in [0, 0.05) is 12.2 Å². The third-order valence-corrected chi connectivity index (χ3v) is 7.60. The van der Waals surface area contributed by atoms with Gasteiger partial charge in [0.15, 0.2) is 12.0 Å². The van der Waals surface area contributed by atoms with E-state index in [0.29, 0.717) is 17.1 Å². The van der Waals surface area contributed by atoms with Crippen molar-refractivity contribution in [2.24, 2.45) is 0 Å². The van der Waals surface area contributed by atoms with Gasteiger partial charge in [-0.3, -0.25) is 0 Å². The van der Waals surface area contributed by atoms with Crippen molar-refractivity contribution in [1.82, 2.24) is 4.98 Å². The van der Waals surface area contributed by atoms with Crippen LogP contribution in [0.2, 0.25) is 0 Å². The number of hydrogen-bond acceptors (Lipinski definition) is 8. The van der Waals surface area contributed by atoms with E-state index in [1.54, 1.807) is 0 Å². The number of rotatable bonds is 12. The summed E-state index contributed by atoms with van der Waals surface area (Å²) in [5.74, 6) is 0.323. The van der Waals surface area contributed by atoms with Crippen LogP contribution in [0.1, 0.15) is 22.3 Å². The van der Waals surface area contributed by atoms with Gasteiger partial charge in [0.25, 0.3) is 0 Å². The van der Waals surface area contributed by atoms with Gasteiger partial charge in [-0.15, -0.1) is 0 Å². The van der Waals surface area contributed by atoms with Gasteiger partial charge in [0.1, 0.15) is 43.4 Å². The summed E-state index contributed by atoms with van der Waals surface area (Å²) in [6.45, 7) is 7.48. The molecule has 1 aliphatic rings. The smallest absolute Gasteiger partial charge is 0.330 e. The molecule has 0 aliphatic heterocycles. The number of esters is 2. The van der Waals surface area contributed by atoms with E-state index < -0.39 is 17.4 Å². The second-order valence-electron chi connectivity index (χ2n) is 10.0. The van der Waals surface area contributed by atoms with Crippen molar-refractivity contribution in [1.29, 1.82) is 0 Å². The topological polar surface area (TPSA) is 97.1 Å².